The highest BCUT2D eigenvalue weighted by Gasteiger charge is 2.35. The molecule has 0 aromatic carbocycles. The van der Waals surface area contributed by atoms with Crippen LogP contribution in [0.4, 0.5) is 0 Å². The highest BCUT2D eigenvalue weighted by molar-refractivity contribution is 5.81. The number of amides is 1. The number of hydrogen-bond donors (Lipinski definition) is 1. The number of nitrogens with zero attached hydrogens (tertiary/aromatic N) is 1. The molecule has 2 aliphatic rings. The van der Waals surface area contributed by atoms with Gasteiger partial charge in [-0.3, -0.25) is 9.59 Å². The van der Waals surface area contributed by atoms with Crippen LogP contribution in [-0.2, 0) is 14.3 Å². The minimum Gasteiger partial charge on any atom is -0.466 e. The first-order valence-electron chi connectivity index (χ1n) is 7.84. The largest absolute Gasteiger partial charge is 0.466 e. The lowest BCUT2D eigenvalue weighted by molar-refractivity contribution is -0.152. The average molecular weight is 282 g/mol. The summed E-state index contributed by atoms with van der Waals surface area (Å²) < 4.78 is 5.07. The van der Waals surface area contributed by atoms with Crippen molar-refractivity contribution < 1.29 is 14.3 Å². The van der Waals surface area contributed by atoms with Gasteiger partial charge in [-0.25, -0.2) is 0 Å². The molecule has 1 amide bonds. The second-order valence-corrected chi connectivity index (χ2v) is 5.93. The second-order valence-electron chi connectivity index (χ2n) is 5.93. The van der Waals surface area contributed by atoms with Crippen LogP contribution < -0.4 is 5.73 Å². The van der Waals surface area contributed by atoms with Crippen LogP contribution in [0.5, 0.6) is 0 Å². The van der Waals surface area contributed by atoms with E-state index in [0.29, 0.717) is 13.2 Å². The molecule has 1 saturated heterocycles. The van der Waals surface area contributed by atoms with E-state index in [1.165, 1.54) is 0 Å². The van der Waals surface area contributed by atoms with Gasteiger partial charge in [0.15, 0.2) is 0 Å². The summed E-state index contributed by atoms with van der Waals surface area (Å²) in [6, 6.07) is -0.0146. The van der Waals surface area contributed by atoms with Crippen molar-refractivity contribution in [3.63, 3.8) is 0 Å². The zero-order valence-corrected chi connectivity index (χ0v) is 12.3. The van der Waals surface area contributed by atoms with Gasteiger partial charge in [-0.2, -0.15) is 0 Å². The lowest BCUT2D eigenvalue weighted by atomic mass is 9.83. The Balaban J connectivity index is 1.94. The molecular formula is C15H26N2O3. The fourth-order valence-electron chi connectivity index (χ4n) is 3.33. The first-order valence-corrected chi connectivity index (χ1v) is 7.84. The van der Waals surface area contributed by atoms with Crippen LogP contribution in [0.25, 0.3) is 0 Å². The van der Waals surface area contributed by atoms with Gasteiger partial charge in [0, 0.05) is 19.1 Å². The van der Waals surface area contributed by atoms with Crippen LogP contribution in [0.15, 0.2) is 0 Å². The summed E-state index contributed by atoms with van der Waals surface area (Å²) in [6.07, 6.45) is 5.72. The van der Waals surface area contributed by atoms with Gasteiger partial charge in [0.2, 0.25) is 5.91 Å². The Morgan fingerprint density at radius 1 is 1.20 bits per heavy atom. The Morgan fingerprint density at radius 2 is 1.95 bits per heavy atom. The first kappa shape index (κ1) is 15.3. The summed E-state index contributed by atoms with van der Waals surface area (Å²) >= 11 is 0. The van der Waals surface area contributed by atoms with Gasteiger partial charge in [-0.05, 0) is 32.6 Å². The summed E-state index contributed by atoms with van der Waals surface area (Å²) in [6.45, 7) is 3.46. The Bertz CT molecular complexity index is 359. The predicted molar refractivity (Wildman–Crippen MR) is 75.9 cm³/mol. The van der Waals surface area contributed by atoms with Crippen LogP contribution in [-0.4, -0.2) is 42.5 Å². The molecule has 5 heteroatoms. The lowest BCUT2D eigenvalue weighted by Crippen LogP contribution is -2.50. The third kappa shape index (κ3) is 3.51. The molecule has 2 fully saturated rings. The maximum Gasteiger partial charge on any atom is 0.310 e. The van der Waals surface area contributed by atoms with E-state index in [1.54, 1.807) is 0 Å². The maximum atomic E-state index is 12.6. The number of likely N-dealkylation sites (tertiary alicyclic amines) is 1. The van der Waals surface area contributed by atoms with Crippen LogP contribution in [0.1, 0.15) is 45.4 Å². The molecular weight excluding hydrogens is 256 g/mol. The Hall–Kier alpha value is -1.10. The van der Waals surface area contributed by atoms with Crippen molar-refractivity contribution >= 4 is 11.9 Å². The summed E-state index contributed by atoms with van der Waals surface area (Å²) in [5.41, 5.74) is 6.09. The maximum absolute atomic E-state index is 12.6. The van der Waals surface area contributed by atoms with Gasteiger partial charge in [-0.15, -0.1) is 0 Å². The second kappa shape index (κ2) is 7.07. The zero-order valence-electron chi connectivity index (χ0n) is 12.3. The van der Waals surface area contributed by atoms with E-state index < -0.39 is 0 Å². The van der Waals surface area contributed by atoms with E-state index in [0.717, 1.165) is 45.1 Å². The minimum absolute atomic E-state index is 0.0146. The Morgan fingerprint density at radius 3 is 2.65 bits per heavy atom. The number of carbonyl (C=O) groups is 2. The van der Waals surface area contributed by atoms with Gasteiger partial charge >= 0.3 is 5.97 Å². The van der Waals surface area contributed by atoms with E-state index in [-0.39, 0.29) is 29.8 Å². The molecule has 3 atom stereocenters. The molecule has 1 aliphatic carbocycles. The molecule has 3 unspecified atom stereocenters. The van der Waals surface area contributed by atoms with Crippen molar-refractivity contribution in [2.75, 3.05) is 19.7 Å². The number of esters is 1. The molecule has 1 saturated carbocycles. The average Bonchev–Trinajstić information content (AvgIpc) is 2.47. The van der Waals surface area contributed by atoms with Crippen molar-refractivity contribution in [1.29, 1.82) is 0 Å². The number of carbonyl (C=O) groups excluding carboxylic acids is 2. The standard InChI is InChI=1S/C15H26N2O3/c1-2-20-15(19)11-6-5-9-17(10-11)14(18)12-7-3-4-8-13(12)16/h11-13H,2-10,16H2,1H3. The van der Waals surface area contributed by atoms with Crippen molar-refractivity contribution in [3.8, 4) is 0 Å². The van der Waals surface area contributed by atoms with Crippen LogP contribution >= 0.6 is 0 Å². The van der Waals surface area contributed by atoms with Crippen molar-refractivity contribution in [1.82, 2.24) is 4.90 Å². The van der Waals surface area contributed by atoms with E-state index in [4.69, 9.17) is 10.5 Å². The van der Waals surface area contributed by atoms with Gasteiger partial charge in [0.1, 0.15) is 0 Å². The quantitative estimate of drug-likeness (QED) is 0.792. The monoisotopic (exact) mass is 282 g/mol. The lowest BCUT2D eigenvalue weighted by Gasteiger charge is -2.36. The summed E-state index contributed by atoms with van der Waals surface area (Å²) in [5.74, 6) is -0.235. The van der Waals surface area contributed by atoms with Crippen LogP contribution in [0, 0.1) is 11.8 Å². The normalized spacial score (nSPS) is 30.9. The molecule has 1 aliphatic heterocycles. The predicted octanol–water partition coefficient (Wildman–Crippen LogP) is 1.31. The molecule has 0 bridgehead atoms. The SMILES string of the molecule is CCOC(=O)C1CCCN(C(=O)C2CCCCC2N)C1. The highest BCUT2D eigenvalue weighted by Crippen LogP contribution is 2.27. The third-order valence-electron chi connectivity index (χ3n) is 4.49. The minimum atomic E-state index is -0.169. The molecule has 0 radical (unpaired) electrons. The molecule has 114 valence electrons. The molecule has 1 heterocycles. The number of rotatable bonds is 3. The highest BCUT2D eigenvalue weighted by atomic mass is 16.5. The smallest absolute Gasteiger partial charge is 0.310 e. The fraction of sp³-hybridized carbons (Fsp3) is 0.867. The number of nitrogens with two attached hydrogens (primary N) is 1. The Labute approximate surface area is 120 Å². The number of ether oxygens (including phenoxy) is 1. The van der Waals surface area contributed by atoms with Crippen molar-refractivity contribution in [3.05, 3.63) is 0 Å². The molecule has 0 aromatic heterocycles. The topological polar surface area (TPSA) is 72.6 Å². The fourth-order valence-corrected chi connectivity index (χ4v) is 3.33. The van der Waals surface area contributed by atoms with Gasteiger partial charge < -0.3 is 15.4 Å². The van der Waals surface area contributed by atoms with Gasteiger partial charge in [0.05, 0.1) is 18.4 Å². The summed E-state index contributed by atoms with van der Waals surface area (Å²) in [4.78, 5) is 26.2. The molecule has 2 rings (SSSR count). The number of hydrogen-bond acceptors (Lipinski definition) is 4. The van der Waals surface area contributed by atoms with Crippen molar-refractivity contribution in [2.45, 2.75) is 51.5 Å². The Kier molecular flexibility index (Phi) is 5.40. The molecule has 2 N–H and O–H groups in total. The van der Waals surface area contributed by atoms with Crippen LogP contribution in [0.3, 0.4) is 0 Å². The number of piperidine rings is 1. The first-order chi connectivity index (χ1) is 9.63. The van der Waals surface area contributed by atoms with Gasteiger partial charge in [-0.1, -0.05) is 12.8 Å². The summed E-state index contributed by atoms with van der Waals surface area (Å²) in [7, 11) is 0. The summed E-state index contributed by atoms with van der Waals surface area (Å²) in [5, 5.41) is 0. The van der Waals surface area contributed by atoms with E-state index in [1.807, 2.05) is 11.8 Å². The zero-order chi connectivity index (χ0) is 14.5. The molecule has 0 spiro atoms. The molecule has 5 nitrogen and oxygen atoms in total. The molecule has 20 heavy (non-hydrogen) atoms. The molecule has 0 aromatic rings. The van der Waals surface area contributed by atoms with Gasteiger partial charge in [0.25, 0.3) is 0 Å². The third-order valence-corrected chi connectivity index (χ3v) is 4.49. The van der Waals surface area contributed by atoms with Crippen LogP contribution in [0.2, 0.25) is 0 Å². The van der Waals surface area contributed by atoms with E-state index in [2.05, 4.69) is 0 Å². The van der Waals surface area contributed by atoms with E-state index >= 15 is 0 Å². The van der Waals surface area contributed by atoms with E-state index in [9.17, 15) is 9.59 Å². The van der Waals surface area contributed by atoms with Crippen molar-refractivity contribution in [2.24, 2.45) is 17.6 Å².